The van der Waals surface area contributed by atoms with Crippen LogP contribution in [0.5, 0.6) is 0 Å². The Morgan fingerprint density at radius 3 is 2.00 bits per heavy atom. The molecule has 0 aliphatic rings. The second-order valence-corrected chi connectivity index (χ2v) is 9.52. The third kappa shape index (κ3) is 9.48. The first-order valence-corrected chi connectivity index (χ1v) is 12.1. The zero-order chi connectivity index (χ0) is 30.6. The number of carbonyl (C=O) groups is 2. The van der Waals surface area contributed by atoms with Gasteiger partial charge in [-0.25, -0.2) is 0 Å². The maximum Gasteiger partial charge on any atom is 0.417 e. The fourth-order valence-corrected chi connectivity index (χ4v) is 3.90. The zero-order valence-electron chi connectivity index (χ0n) is 20.0. The molecule has 0 fully saturated rings. The number of benzene rings is 2. The maximum absolute atomic E-state index is 13.7. The van der Waals surface area contributed by atoms with Crippen LogP contribution in [0.1, 0.15) is 46.3 Å². The van der Waals surface area contributed by atoms with Crippen molar-refractivity contribution in [3.8, 4) is 0 Å². The van der Waals surface area contributed by atoms with Gasteiger partial charge in [-0.05, 0) is 42.3 Å². The van der Waals surface area contributed by atoms with Crippen LogP contribution in [-0.4, -0.2) is 36.8 Å². The molecule has 220 valence electrons. The fraction of sp³-hybridized carbons (Fsp3) is 0.333. The highest BCUT2D eigenvalue weighted by molar-refractivity contribution is 6.48. The lowest BCUT2D eigenvalue weighted by atomic mass is 9.96. The van der Waals surface area contributed by atoms with Crippen molar-refractivity contribution in [1.29, 1.82) is 0 Å². The Labute approximate surface area is 236 Å². The molecule has 0 aliphatic heterocycles. The van der Waals surface area contributed by atoms with E-state index in [0.29, 0.717) is 18.2 Å². The Kier molecular flexibility index (Phi) is 10.8. The molecule has 2 aromatic carbocycles. The van der Waals surface area contributed by atoms with Crippen molar-refractivity contribution < 1.29 is 49.1 Å². The highest BCUT2D eigenvalue weighted by atomic mass is 35.5. The summed E-state index contributed by atoms with van der Waals surface area (Å²) in [5.41, 5.74) is -3.29. The summed E-state index contributed by atoms with van der Waals surface area (Å²) < 4.78 is 119. The minimum Gasteiger partial charge on any atom is -0.354 e. The van der Waals surface area contributed by atoms with Crippen LogP contribution in [0.4, 0.5) is 39.5 Å². The molecule has 0 aromatic heterocycles. The van der Waals surface area contributed by atoms with Gasteiger partial charge in [-0.1, -0.05) is 53.0 Å². The number of rotatable bonds is 8. The fourth-order valence-electron chi connectivity index (χ4n) is 3.29. The van der Waals surface area contributed by atoms with Gasteiger partial charge in [0, 0.05) is 6.54 Å². The van der Waals surface area contributed by atoms with Crippen molar-refractivity contribution in [2.75, 3.05) is 6.54 Å². The monoisotopic (exact) mass is 642 g/mol. The highest BCUT2D eigenvalue weighted by Crippen LogP contribution is 2.41. The lowest BCUT2D eigenvalue weighted by molar-refractivity contribution is -0.140. The maximum atomic E-state index is 13.7. The number of amides is 2. The summed E-state index contributed by atoms with van der Waals surface area (Å²) in [5, 5.41) is 3.11. The van der Waals surface area contributed by atoms with E-state index in [1.54, 1.807) is 0 Å². The number of hydrogen-bond donors (Lipinski definition) is 2. The molecule has 2 atom stereocenters. The third-order valence-electron chi connectivity index (χ3n) is 5.24. The topological polar surface area (TPSA) is 58.2 Å². The molecule has 0 heterocycles. The van der Waals surface area contributed by atoms with E-state index in [2.05, 4.69) is 0 Å². The lowest BCUT2D eigenvalue weighted by Gasteiger charge is -2.19. The first-order valence-electron chi connectivity index (χ1n) is 11.0. The van der Waals surface area contributed by atoms with E-state index in [4.69, 9.17) is 34.8 Å². The average Bonchev–Trinajstić information content (AvgIpc) is 2.80. The zero-order valence-corrected chi connectivity index (χ0v) is 22.2. The van der Waals surface area contributed by atoms with Crippen LogP contribution >= 0.6 is 34.8 Å². The molecule has 2 aromatic rings. The van der Waals surface area contributed by atoms with Crippen molar-refractivity contribution in [2.24, 2.45) is 0 Å². The average molecular weight is 644 g/mol. The quantitative estimate of drug-likeness (QED) is 0.225. The first kappa shape index (κ1) is 33.6. The van der Waals surface area contributed by atoms with Crippen molar-refractivity contribution in [3.05, 3.63) is 73.7 Å². The number of carbonyl (C=O) groups excluding carboxylic acids is 2. The van der Waals surface area contributed by atoms with Crippen LogP contribution < -0.4 is 10.6 Å². The standard InChI is InChI=1S/C24H18Cl3F9N2O2/c1-11(20(39)37-7-6-22(28,29)30)38-21(40)14-4-2-12(8-16(14)24(34,35)36)3-5-15(23(31,32)33)13-9-17(25)19(27)18(26)10-13/h2-5,8-11,15H,6-7H2,1H3,(H,37,39)(H,38,40). The summed E-state index contributed by atoms with van der Waals surface area (Å²) in [4.78, 5) is 24.4. The van der Waals surface area contributed by atoms with E-state index in [0.717, 1.165) is 31.2 Å². The summed E-state index contributed by atoms with van der Waals surface area (Å²) in [6.45, 7) is 0.225. The molecule has 2 rings (SSSR count). The van der Waals surface area contributed by atoms with Gasteiger partial charge in [-0.3, -0.25) is 9.59 Å². The largest absolute Gasteiger partial charge is 0.417 e. The predicted octanol–water partition coefficient (Wildman–Crippen LogP) is 8.21. The van der Waals surface area contributed by atoms with Gasteiger partial charge in [0.25, 0.3) is 5.91 Å². The van der Waals surface area contributed by atoms with E-state index in [1.165, 1.54) is 0 Å². The molecule has 0 bridgehead atoms. The van der Waals surface area contributed by atoms with Crippen LogP contribution in [0.2, 0.25) is 15.1 Å². The molecular weight excluding hydrogens is 626 g/mol. The van der Waals surface area contributed by atoms with Crippen LogP contribution in [0.15, 0.2) is 36.4 Å². The predicted molar refractivity (Wildman–Crippen MR) is 131 cm³/mol. The number of halogens is 12. The van der Waals surface area contributed by atoms with Gasteiger partial charge in [0.15, 0.2) is 0 Å². The Hall–Kier alpha value is -2.64. The van der Waals surface area contributed by atoms with Gasteiger partial charge in [0.2, 0.25) is 5.91 Å². The molecule has 0 radical (unpaired) electrons. The van der Waals surface area contributed by atoms with E-state index in [-0.39, 0.29) is 20.6 Å². The minimum atomic E-state index is -5.14. The van der Waals surface area contributed by atoms with Crippen LogP contribution in [-0.2, 0) is 11.0 Å². The first-order chi connectivity index (χ1) is 18.2. The Balaban J connectivity index is 2.33. The molecule has 40 heavy (non-hydrogen) atoms. The van der Waals surface area contributed by atoms with Crippen LogP contribution in [0, 0.1) is 0 Å². The summed E-state index contributed by atoms with van der Waals surface area (Å²) in [6.07, 6.45) is -14.6. The molecule has 0 aliphatic carbocycles. The smallest absolute Gasteiger partial charge is 0.354 e. The second kappa shape index (κ2) is 12.9. The van der Waals surface area contributed by atoms with Crippen molar-refractivity contribution in [3.63, 3.8) is 0 Å². The molecule has 16 heteroatoms. The summed E-state index contributed by atoms with van der Waals surface area (Å²) in [6, 6.07) is 2.36. The molecule has 2 N–H and O–H groups in total. The summed E-state index contributed by atoms with van der Waals surface area (Å²) >= 11 is 17.4. The summed E-state index contributed by atoms with van der Waals surface area (Å²) in [5.74, 6) is -4.81. The van der Waals surface area contributed by atoms with Gasteiger partial charge in [0.1, 0.15) is 6.04 Å². The molecule has 0 spiro atoms. The van der Waals surface area contributed by atoms with Gasteiger partial charge in [-0.2, -0.15) is 39.5 Å². The van der Waals surface area contributed by atoms with Gasteiger partial charge in [-0.15, -0.1) is 0 Å². The second-order valence-electron chi connectivity index (χ2n) is 8.33. The Morgan fingerprint density at radius 1 is 0.925 bits per heavy atom. The Bertz CT molecular complexity index is 1250. The van der Waals surface area contributed by atoms with Crippen LogP contribution in [0.3, 0.4) is 0 Å². The van der Waals surface area contributed by atoms with E-state index >= 15 is 0 Å². The van der Waals surface area contributed by atoms with Gasteiger partial charge >= 0.3 is 18.5 Å². The highest BCUT2D eigenvalue weighted by Gasteiger charge is 2.40. The number of hydrogen-bond acceptors (Lipinski definition) is 2. The Morgan fingerprint density at radius 2 is 1.50 bits per heavy atom. The number of allylic oxidation sites excluding steroid dienone is 1. The molecular formula is C24H18Cl3F9N2O2. The molecule has 0 saturated heterocycles. The van der Waals surface area contributed by atoms with Gasteiger partial charge < -0.3 is 10.6 Å². The van der Waals surface area contributed by atoms with Crippen molar-refractivity contribution in [1.82, 2.24) is 10.6 Å². The van der Waals surface area contributed by atoms with E-state index < -0.39 is 72.0 Å². The molecule has 2 unspecified atom stereocenters. The lowest BCUT2D eigenvalue weighted by Crippen LogP contribution is -2.45. The van der Waals surface area contributed by atoms with Crippen molar-refractivity contribution in [2.45, 2.75) is 43.8 Å². The van der Waals surface area contributed by atoms with Crippen molar-refractivity contribution >= 4 is 52.7 Å². The third-order valence-corrected chi connectivity index (χ3v) is 6.44. The summed E-state index contributed by atoms with van der Waals surface area (Å²) in [7, 11) is 0. The molecule has 0 saturated carbocycles. The van der Waals surface area contributed by atoms with E-state index in [1.807, 2.05) is 10.6 Å². The normalized spacial score (nSPS) is 14.2. The van der Waals surface area contributed by atoms with Gasteiger partial charge in [0.05, 0.1) is 38.5 Å². The number of alkyl halides is 9. The van der Waals surface area contributed by atoms with Crippen LogP contribution in [0.25, 0.3) is 6.08 Å². The number of nitrogens with one attached hydrogen (secondary N) is 2. The molecule has 4 nitrogen and oxygen atoms in total. The van der Waals surface area contributed by atoms with E-state index in [9.17, 15) is 49.1 Å². The molecule has 2 amide bonds. The SMILES string of the molecule is CC(NC(=O)c1ccc(C=CC(c2cc(Cl)c(Cl)c(Cl)c2)C(F)(F)F)cc1C(F)(F)F)C(=O)NCCC(F)(F)F. The minimum absolute atomic E-state index is 0.186.